The molecule has 0 saturated carbocycles. The van der Waals surface area contributed by atoms with Gasteiger partial charge < -0.3 is 19.3 Å². The van der Waals surface area contributed by atoms with Crippen LogP contribution in [0.15, 0.2) is 42.5 Å². The van der Waals surface area contributed by atoms with Gasteiger partial charge in [-0.2, -0.15) is 0 Å². The van der Waals surface area contributed by atoms with E-state index in [9.17, 15) is 9.90 Å². The van der Waals surface area contributed by atoms with E-state index >= 15 is 0 Å². The maximum Gasteiger partial charge on any atom is 0.189 e. The number of carbonyl (C=O) groups excluding carboxylic acids is 1. The average molecular weight is 314 g/mol. The highest BCUT2D eigenvalue weighted by atomic mass is 16.5. The molecule has 5 nitrogen and oxygen atoms in total. The molecule has 0 aromatic heterocycles. The highest BCUT2D eigenvalue weighted by molar-refractivity contribution is 6.08. The number of phenols is 1. The number of benzene rings is 2. The lowest BCUT2D eigenvalue weighted by Gasteiger charge is -2.08. The van der Waals surface area contributed by atoms with E-state index in [0.717, 1.165) is 0 Å². The van der Waals surface area contributed by atoms with Crippen molar-refractivity contribution in [1.29, 1.82) is 0 Å². The van der Waals surface area contributed by atoms with Gasteiger partial charge >= 0.3 is 0 Å². The lowest BCUT2D eigenvalue weighted by atomic mass is 10.1. The Kier molecular flexibility index (Phi) is 5.25. The number of ether oxygens (including phenoxy) is 3. The summed E-state index contributed by atoms with van der Waals surface area (Å²) in [5.41, 5.74) is 1.12. The summed E-state index contributed by atoms with van der Waals surface area (Å²) in [6, 6.07) is 9.69. The summed E-state index contributed by atoms with van der Waals surface area (Å²) in [4.78, 5) is 12.4. The third kappa shape index (κ3) is 3.83. The summed E-state index contributed by atoms with van der Waals surface area (Å²) in [5.74, 6) is 1.43. The monoisotopic (exact) mass is 314 g/mol. The van der Waals surface area contributed by atoms with Gasteiger partial charge in [-0.05, 0) is 36.4 Å². The molecule has 0 amide bonds. The van der Waals surface area contributed by atoms with Crippen molar-refractivity contribution < 1.29 is 24.1 Å². The first kappa shape index (κ1) is 16.4. The molecule has 2 aromatic carbocycles. The van der Waals surface area contributed by atoms with Gasteiger partial charge in [-0.15, -0.1) is 0 Å². The van der Waals surface area contributed by atoms with E-state index < -0.39 is 0 Å². The van der Waals surface area contributed by atoms with E-state index in [-0.39, 0.29) is 11.5 Å². The Balaban J connectivity index is 2.28. The van der Waals surface area contributed by atoms with Crippen LogP contribution in [0.3, 0.4) is 0 Å². The number of rotatable bonds is 6. The van der Waals surface area contributed by atoms with Gasteiger partial charge in [-0.3, -0.25) is 4.79 Å². The zero-order chi connectivity index (χ0) is 16.8. The molecule has 0 fully saturated rings. The van der Waals surface area contributed by atoms with Crippen LogP contribution in [0.4, 0.5) is 0 Å². The minimum atomic E-state index is -0.209. The lowest BCUT2D eigenvalue weighted by Crippen LogP contribution is -1.99. The first-order valence-corrected chi connectivity index (χ1v) is 6.90. The number of hydrogen-bond acceptors (Lipinski definition) is 5. The molecular formula is C18H18O5. The molecule has 0 aliphatic carbocycles. The molecule has 120 valence electrons. The smallest absolute Gasteiger partial charge is 0.189 e. The summed E-state index contributed by atoms with van der Waals surface area (Å²) >= 11 is 0. The fourth-order valence-corrected chi connectivity index (χ4v) is 2.09. The zero-order valence-corrected chi connectivity index (χ0v) is 13.2. The van der Waals surface area contributed by atoms with Gasteiger partial charge in [0.2, 0.25) is 0 Å². The summed E-state index contributed by atoms with van der Waals surface area (Å²) in [5, 5.41) is 9.44. The van der Waals surface area contributed by atoms with Crippen LogP contribution in [-0.2, 0) is 0 Å². The molecule has 0 atom stereocenters. The van der Waals surface area contributed by atoms with E-state index in [0.29, 0.717) is 28.4 Å². The molecule has 0 spiro atoms. The standard InChI is InChI=1S/C18H18O5/c1-21-14-7-8-15(18(11-14)23-3)16(20)9-5-12-4-6-13(19)10-17(12)22-2/h4-11,19H,1-3H3. The Bertz CT molecular complexity index is 734. The number of aromatic hydroxyl groups is 1. The molecule has 5 heteroatoms. The van der Waals surface area contributed by atoms with Crippen molar-refractivity contribution >= 4 is 11.9 Å². The summed E-state index contributed by atoms with van der Waals surface area (Å²) in [6.45, 7) is 0. The van der Waals surface area contributed by atoms with Crippen molar-refractivity contribution in [3.8, 4) is 23.0 Å². The van der Waals surface area contributed by atoms with E-state index in [4.69, 9.17) is 14.2 Å². The third-order valence-corrected chi connectivity index (χ3v) is 3.31. The van der Waals surface area contributed by atoms with Crippen LogP contribution in [0.5, 0.6) is 23.0 Å². The first-order chi connectivity index (χ1) is 11.1. The molecule has 0 aliphatic rings. The molecule has 0 saturated heterocycles. The second-order valence-electron chi connectivity index (χ2n) is 4.69. The van der Waals surface area contributed by atoms with Crippen LogP contribution in [0.1, 0.15) is 15.9 Å². The SMILES string of the molecule is COc1ccc(C(=O)C=Cc2ccc(O)cc2OC)c(OC)c1. The fourth-order valence-electron chi connectivity index (χ4n) is 2.09. The first-order valence-electron chi connectivity index (χ1n) is 6.90. The van der Waals surface area contributed by atoms with E-state index in [2.05, 4.69) is 0 Å². The van der Waals surface area contributed by atoms with Gasteiger partial charge in [0.15, 0.2) is 5.78 Å². The van der Waals surface area contributed by atoms with Crippen LogP contribution < -0.4 is 14.2 Å². The van der Waals surface area contributed by atoms with E-state index in [1.165, 1.54) is 32.4 Å². The van der Waals surface area contributed by atoms with Crippen molar-refractivity contribution in [1.82, 2.24) is 0 Å². The Labute approximate surface area is 134 Å². The molecule has 2 rings (SSSR count). The molecule has 23 heavy (non-hydrogen) atoms. The molecule has 0 bridgehead atoms. The zero-order valence-electron chi connectivity index (χ0n) is 13.2. The minimum absolute atomic E-state index is 0.0992. The van der Waals surface area contributed by atoms with Crippen LogP contribution in [0.25, 0.3) is 6.08 Å². The molecule has 0 unspecified atom stereocenters. The van der Waals surface area contributed by atoms with Crippen molar-refractivity contribution in [2.45, 2.75) is 0 Å². The number of ketones is 1. The van der Waals surface area contributed by atoms with Gasteiger partial charge in [0.05, 0.1) is 26.9 Å². The number of carbonyl (C=O) groups is 1. The quantitative estimate of drug-likeness (QED) is 0.654. The van der Waals surface area contributed by atoms with Gasteiger partial charge in [0.1, 0.15) is 23.0 Å². The summed E-state index contributed by atoms with van der Waals surface area (Å²) in [7, 11) is 4.55. The number of methoxy groups -OCH3 is 3. The topological polar surface area (TPSA) is 65.0 Å². The number of hydrogen-bond donors (Lipinski definition) is 1. The predicted octanol–water partition coefficient (Wildman–Crippen LogP) is 3.31. The van der Waals surface area contributed by atoms with Gasteiger partial charge in [0.25, 0.3) is 0 Å². The summed E-state index contributed by atoms with van der Waals surface area (Å²) in [6.07, 6.45) is 3.06. The molecule has 0 heterocycles. The van der Waals surface area contributed by atoms with Crippen molar-refractivity contribution in [2.75, 3.05) is 21.3 Å². The van der Waals surface area contributed by atoms with Crippen LogP contribution in [0.2, 0.25) is 0 Å². The van der Waals surface area contributed by atoms with E-state index in [1.54, 1.807) is 37.5 Å². The predicted molar refractivity (Wildman–Crippen MR) is 87.6 cm³/mol. The number of allylic oxidation sites excluding steroid dienone is 1. The van der Waals surface area contributed by atoms with Gasteiger partial charge in [0, 0.05) is 17.7 Å². The lowest BCUT2D eigenvalue weighted by molar-refractivity contribution is 0.104. The normalized spacial score (nSPS) is 10.6. The van der Waals surface area contributed by atoms with Crippen LogP contribution in [0, 0.1) is 0 Å². The molecule has 1 N–H and O–H groups in total. The van der Waals surface area contributed by atoms with Crippen LogP contribution in [-0.4, -0.2) is 32.2 Å². The van der Waals surface area contributed by atoms with Crippen molar-refractivity contribution in [3.63, 3.8) is 0 Å². The maximum atomic E-state index is 12.4. The molecule has 0 aliphatic heterocycles. The maximum absolute atomic E-state index is 12.4. The Morgan fingerprint density at radius 3 is 2.35 bits per heavy atom. The van der Waals surface area contributed by atoms with E-state index in [1.807, 2.05) is 0 Å². The van der Waals surface area contributed by atoms with Gasteiger partial charge in [-0.1, -0.05) is 0 Å². The second-order valence-corrected chi connectivity index (χ2v) is 4.69. The third-order valence-electron chi connectivity index (χ3n) is 3.31. The molecular weight excluding hydrogens is 296 g/mol. The Morgan fingerprint density at radius 1 is 0.957 bits per heavy atom. The largest absolute Gasteiger partial charge is 0.508 e. The highest BCUT2D eigenvalue weighted by Crippen LogP contribution is 2.27. The Hall–Kier alpha value is -2.95. The van der Waals surface area contributed by atoms with Crippen molar-refractivity contribution in [3.05, 3.63) is 53.6 Å². The van der Waals surface area contributed by atoms with Gasteiger partial charge in [-0.25, -0.2) is 0 Å². The average Bonchev–Trinajstić information content (AvgIpc) is 2.59. The Morgan fingerprint density at radius 2 is 1.70 bits per heavy atom. The van der Waals surface area contributed by atoms with Crippen LogP contribution >= 0.6 is 0 Å². The minimum Gasteiger partial charge on any atom is -0.508 e. The highest BCUT2D eigenvalue weighted by Gasteiger charge is 2.11. The summed E-state index contributed by atoms with van der Waals surface area (Å²) < 4.78 is 15.5. The number of phenolic OH excluding ortho intramolecular Hbond substituents is 1. The molecule has 2 aromatic rings. The van der Waals surface area contributed by atoms with Crippen molar-refractivity contribution in [2.24, 2.45) is 0 Å². The second kappa shape index (κ2) is 7.35. The molecule has 0 radical (unpaired) electrons. The fraction of sp³-hybridized carbons (Fsp3) is 0.167.